The first kappa shape index (κ1) is 31.4. The molecule has 2 aromatic rings. The monoisotopic (exact) mass is 585 g/mol. The Morgan fingerprint density at radius 1 is 1.00 bits per heavy atom. The van der Waals surface area contributed by atoms with E-state index >= 15 is 0 Å². The van der Waals surface area contributed by atoms with Gasteiger partial charge in [0.2, 0.25) is 5.91 Å². The zero-order valence-corrected chi connectivity index (χ0v) is 23.4. The summed E-state index contributed by atoms with van der Waals surface area (Å²) >= 11 is 0. The molecule has 220 valence electrons. The fourth-order valence-electron chi connectivity index (χ4n) is 4.38. The minimum atomic E-state index is -5.08. The molecule has 2 aliphatic rings. The Hall–Kier alpha value is -3.16. The number of alkyl halides is 3. The number of nitrogens with zero attached hydrogens (tertiary/aromatic N) is 1. The number of hydrogen-bond donors (Lipinski definition) is 3. The summed E-state index contributed by atoms with van der Waals surface area (Å²) in [5.74, 6) is -2.71. The smallest absolute Gasteiger partial charge is 0.475 e. The minimum absolute atomic E-state index is 0.0508. The SMILES string of the molecule is Cc1cc(C)c(S(=O)(=O)Nc2ccc(C3(C(=O)NCCN4CCOCC4)CC3)cc2)cc1C.O=C(O)C(F)(F)F. The molecule has 13 heteroatoms. The van der Waals surface area contributed by atoms with Crippen molar-refractivity contribution in [3.05, 3.63) is 58.7 Å². The van der Waals surface area contributed by atoms with Crippen molar-refractivity contribution in [3.8, 4) is 0 Å². The first-order chi connectivity index (χ1) is 18.7. The van der Waals surface area contributed by atoms with E-state index < -0.39 is 27.6 Å². The molecule has 1 saturated heterocycles. The van der Waals surface area contributed by atoms with Gasteiger partial charge in [0.25, 0.3) is 10.0 Å². The highest BCUT2D eigenvalue weighted by Crippen LogP contribution is 2.48. The number of nitrogens with one attached hydrogen (secondary N) is 2. The van der Waals surface area contributed by atoms with E-state index in [-0.39, 0.29) is 10.8 Å². The molecule has 0 bridgehead atoms. The lowest BCUT2D eigenvalue weighted by Crippen LogP contribution is -2.43. The summed E-state index contributed by atoms with van der Waals surface area (Å²) in [6.07, 6.45) is -3.47. The molecule has 40 heavy (non-hydrogen) atoms. The molecule has 4 rings (SSSR count). The molecule has 0 radical (unpaired) electrons. The molecule has 1 aliphatic heterocycles. The number of carboxylic acids is 1. The van der Waals surface area contributed by atoms with Crippen LogP contribution in [0.15, 0.2) is 41.3 Å². The number of aliphatic carboxylic acids is 1. The highest BCUT2D eigenvalue weighted by atomic mass is 32.2. The number of benzene rings is 2. The molecule has 2 fully saturated rings. The van der Waals surface area contributed by atoms with E-state index in [0.717, 1.165) is 62.4 Å². The predicted molar refractivity (Wildman–Crippen MR) is 143 cm³/mol. The highest BCUT2D eigenvalue weighted by molar-refractivity contribution is 7.92. The van der Waals surface area contributed by atoms with Crippen LogP contribution in [0.5, 0.6) is 0 Å². The first-order valence-electron chi connectivity index (χ1n) is 12.8. The van der Waals surface area contributed by atoms with Crippen molar-refractivity contribution in [2.75, 3.05) is 44.1 Å². The molecule has 0 atom stereocenters. The van der Waals surface area contributed by atoms with Crippen molar-refractivity contribution in [2.24, 2.45) is 0 Å². The van der Waals surface area contributed by atoms with Gasteiger partial charge in [0, 0.05) is 31.9 Å². The summed E-state index contributed by atoms with van der Waals surface area (Å²) < 4.78 is 65.7. The van der Waals surface area contributed by atoms with Crippen molar-refractivity contribution in [1.82, 2.24) is 10.2 Å². The van der Waals surface area contributed by atoms with Crippen molar-refractivity contribution < 1.29 is 41.0 Å². The highest BCUT2D eigenvalue weighted by Gasteiger charge is 2.51. The van der Waals surface area contributed by atoms with Crippen molar-refractivity contribution in [1.29, 1.82) is 0 Å². The van der Waals surface area contributed by atoms with Crippen molar-refractivity contribution >= 4 is 27.6 Å². The molecule has 2 aromatic carbocycles. The molecule has 9 nitrogen and oxygen atoms in total. The van der Waals surface area contributed by atoms with Crippen molar-refractivity contribution in [2.45, 2.75) is 50.1 Å². The Bertz CT molecular complexity index is 1320. The van der Waals surface area contributed by atoms with Crippen LogP contribution in [0, 0.1) is 20.8 Å². The summed E-state index contributed by atoms with van der Waals surface area (Å²) in [5.41, 5.74) is 3.64. The second-order valence-corrected chi connectivity index (χ2v) is 11.6. The van der Waals surface area contributed by atoms with Crippen LogP contribution in [-0.2, 0) is 29.8 Å². The van der Waals surface area contributed by atoms with Crippen LogP contribution in [0.3, 0.4) is 0 Å². The lowest BCUT2D eigenvalue weighted by atomic mass is 9.95. The van der Waals surface area contributed by atoms with E-state index in [1.807, 2.05) is 32.0 Å². The maximum Gasteiger partial charge on any atom is 0.490 e. The normalized spacial score (nSPS) is 16.9. The zero-order chi connectivity index (χ0) is 29.7. The maximum absolute atomic E-state index is 13.0. The van der Waals surface area contributed by atoms with Gasteiger partial charge in [-0.2, -0.15) is 13.2 Å². The number of halogens is 3. The molecule has 0 unspecified atom stereocenters. The van der Waals surface area contributed by atoms with Crippen LogP contribution < -0.4 is 10.0 Å². The average molecular weight is 586 g/mol. The Labute approximate surface area is 231 Å². The molecular weight excluding hydrogens is 551 g/mol. The number of sulfonamides is 1. The topological polar surface area (TPSA) is 125 Å². The Balaban J connectivity index is 0.000000559. The fraction of sp³-hybridized carbons (Fsp3) is 0.481. The number of hydrogen-bond acceptors (Lipinski definition) is 6. The second-order valence-electron chi connectivity index (χ2n) is 9.98. The minimum Gasteiger partial charge on any atom is -0.475 e. The number of amides is 1. The molecule has 0 spiro atoms. The molecule has 0 aromatic heterocycles. The van der Waals surface area contributed by atoms with E-state index in [0.29, 0.717) is 17.8 Å². The Kier molecular flexibility index (Phi) is 9.85. The van der Waals surface area contributed by atoms with Crippen molar-refractivity contribution in [3.63, 3.8) is 0 Å². The number of ether oxygens (including phenoxy) is 1. The number of rotatable bonds is 8. The van der Waals surface area contributed by atoms with Gasteiger partial charge in [0.1, 0.15) is 0 Å². The average Bonchev–Trinajstić information content (AvgIpc) is 3.69. The Morgan fingerprint density at radius 3 is 2.08 bits per heavy atom. The quantitative estimate of drug-likeness (QED) is 0.433. The summed E-state index contributed by atoms with van der Waals surface area (Å²) in [6, 6.07) is 10.8. The van der Waals surface area contributed by atoms with E-state index in [1.54, 1.807) is 25.1 Å². The maximum atomic E-state index is 13.0. The number of carbonyl (C=O) groups is 2. The first-order valence-corrected chi connectivity index (χ1v) is 14.2. The number of aryl methyl sites for hydroxylation is 3. The summed E-state index contributed by atoms with van der Waals surface area (Å²) in [4.78, 5) is 24.4. The van der Waals surface area contributed by atoms with Crippen LogP contribution >= 0.6 is 0 Å². The van der Waals surface area contributed by atoms with Crippen LogP contribution in [0.2, 0.25) is 0 Å². The summed E-state index contributed by atoms with van der Waals surface area (Å²) in [6.45, 7) is 10.4. The summed E-state index contributed by atoms with van der Waals surface area (Å²) in [7, 11) is -3.70. The number of morpholine rings is 1. The van der Waals surface area contributed by atoms with Gasteiger partial charge >= 0.3 is 12.1 Å². The van der Waals surface area contributed by atoms with Gasteiger partial charge in [0.15, 0.2) is 0 Å². The molecule has 3 N–H and O–H groups in total. The van der Waals surface area contributed by atoms with Crippen LogP contribution in [0.4, 0.5) is 18.9 Å². The van der Waals surface area contributed by atoms with Gasteiger partial charge < -0.3 is 15.2 Å². The lowest BCUT2D eigenvalue weighted by molar-refractivity contribution is -0.192. The fourth-order valence-corrected chi connectivity index (χ4v) is 5.76. The zero-order valence-electron chi connectivity index (χ0n) is 22.6. The number of carboxylic acid groups (broad SMARTS) is 1. The molecule has 1 heterocycles. The summed E-state index contributed by atoms with van der Waals surface area (Å²) in [5, 5.41) is 10.2. The molecule has 1 amide bonds. The second kappa shape index (κ2) is 12.6. The van der Waals surface area contributed by atoms with Gasteiger partial charge in [-0.3, -0.25) is 14.4 Å². The van der Waals surface area contributed by atoms with E-state index in [4.69, 9.17) is 14.6 Å². The molecule has 1 saturated carbocycles. The third kappa shape index (κ3) is 7.95. The number of carbonyl (C=O) groups excluding carboxylic acids is 1. The third-order valence-electron chi connectivity index (χ3n) is 7.01. The van der Waals surface area contributed by atoms with E-state index in [1.165, 1.54) is 0 Å². The predicted octanol–water partition coefficient (Wildman–Crippen LogP) is 3.53. The molecule has 1 aliphatic carbocycles. The van der Waals surface area contributed by atoms with Gasteiger partial charge in [-0.25, -0.2) is 13.2 Å². The van der Waals surface area contributed by atoms with Gasteiger partial charge in [-0.15, -0.1) is 0 Å². The largest absolute Gasteiger partial charge is 0.490 e. The van der Waals surface area contributed by atoms with Gasteiger partial charge in [-0.05, 0) is 74.1 Å². The van der Waals surface area contributed by atoms with Crippen LogP contribution in [-0.4, -0.2) is 75.9 Å². The van der Waals surface area contributed by atoms with Gasteiger partial charge in [0.05, 0.1) is 23.5 Å². The standard InChI is InChI=1S/C25H33N3O4S.C2HF3O2/c1-18-16-20(3)23(17-19(18)2)33(30,31)27-22-6-4-21(5-7-22)25(8-9-25)24(29)26-10-11-28-12-14-32-15-13-28;3-2(4,5)1(6)7/h4-7,16-17,27H,8-15H2,1-3H3,(H,26,29);(H,6,7). The van der Waals surface area contributed by atoms with Crippen LogP contribution in [0.1, 0.15) is 35.1 Å². The third-order valence-corrected chi connectivity index (χ3v) is 8.54. The van der Waals surface area contributed by atoms with Gasteiger partial charge in [-0.1, -0.05) is 18.2 Å². The molecular formula is C27H34F3N3O6S. The van der Waals surface area contributed by atoms with Crippen LogP contribution in [0.25, 0.3) is 0 Å². The van der Waals surface area contributed by atoms with E-state index in [2.05, 4.69) is 14.9 Å². The Morgan fingerprint density at radius 2 is 1.55 bits per heavy atom. The van der Waals surface area contributed by atoms with E-state index in [9.17, 15) is 26.4 Å². The lowest BCUT2D eigenvalue weighted by Gasteiger charge is -2.27. The number of anilines is 1.